The maximum absolute atomic E-state index is 12.4. The summed E-state index contributed by atoms with van der Waals surface area (Å²) < 4.78 is 0. The van der Waals surface area contributed by atoms with Crippen molar-refractivity contribution in [1.29, 1.82) is 0 Å². The quantitative estimate of drug-likeness (QED) is 0.827. The minimum absolute atomic E-state index is 0.0650. The maximum atomic E-state index is 12.4. The lowest BCUT2D eigenvalue weighted by Crippen LogP contribution is -2.47. The van der Waals surface area contributed by atoms with Crippen LogP contribution in [0.3, 0.4) is 0 Å². The van der Waals surface area contributed by atoms with Crippen molar-refractivity contribution in [3.05, 3.63) is 0 Å². The summed E-state index contributed by atoms with van der Waals surface area (Å²) in [5, 5.41) is 19.4. The van der Waals surface area contributed by atoms with E-state index in [0.717, 1.165) is 19.3 Å². The van der Waals surface area contributed by atoms with Gasteiger partial charge in [0.05, 0.1) is 11.0 Å². The Bertz CT molecular complexity index is 375. The topological polar surface area (TPSA) is 77.8 Å². The summed E-state index contributed by atoms with van der Waals surface area (Å²) in [6, 6.07) is 0. The third-order valence-corrected chi connectivity index (χ3v) is 4.95. The van der Waals surface area contributed by atoms with Crippen molar-refractivity contribution in [1.82, 2.24) is 4.90 Å². The first-order valence-corrected chi connectivity index (χ1v) is 7.58. The molecule has 0 atom stereocenters. The van der Waals surface area contributed by atoms with Crippen molar-refractivity contribution in [2.75, 3.05) is 13.1 Å². The van der Waals surface area contributed by atoms with Crippen LogP contribution in [0.5, 0.6) is 0 Å². The lowest BCUT2D eigenvalue weighted by atomic mass is 9.71. The van der Waals surface area contributed by atoms with Gasteiger partial charge in [-0.3, -0.25) is 9.59 Å². The average Bonchev–Trinajstić information content (AvgIpc) is 2.39. The zero-order chi connectivity index (χ0) is 14.8. The van der Waals surface area contributed by atoms with Gasteiger partial charge in [-0.15, -0.1) is 0 Å². The summed E-state index contributed by atoms with van der Waals surface area (Å²) in [7, 11) is 0. The summed E-state index contributed by atoms with van der Waals surface area (Å²) in [6.45, 7) is 2.84. The molecular formula is C15H25NO4. The maximum Gasteiger partial charge on any atom is 0.310 e. The Morgan fingerprint density at radius 1 is 1.05 bits per heavy atom. The molecule has 114 valence electrons. The van der Waals surface area contributed by atoms with E-state index in [9.17, 15) is 19.8 Å². The minimum Gasteiger partial charge on any atom is -0.481 e. The van der Waals surface area contributed by atoms with Crippen LogP contribution in [-0.4, -0.2) is 45.7 Å². The fourth-order valence-corrected chi connectivity index (χ4v) is 3.33. The molecule has 0 aromatic carbocycles. The number of rotatable bonds is 3. The fourth-order valence-electron chi connectivity index (χ4n) is 3.33. The highest BCUT2D eigenvalue weighted by atomic mass is 16.4. The van der Waals surface area contributed by atoms with Crippen molar-refractivity contribution in [3.8, 4) is 0 Å². The number of likely N-dealkylation sites (tertiary alicyclic amines) is 1. The lowest BCUT2D eigenvalue weighted by Gasteiger charge is -2.38. The predicted octanol–water partition coefficient (Wildman–Crippen LogP) is 1.78. The lowest BCUT2D eigenvalue weighted by molar-refractivity contribution is -0.157. The molecule has 1 saturated carbocycles. The number of aliphatic hydroxyl groups is 1. The van der Waals surface area contributed by atoms with Gasteiger partial charge in [-0.05, 0) is 32.6 Å². The number of hydrogen-bond donors (Lipinski definition) is 2. The second-order valence-electron chi connectivity index (χ2n) is 6.70. The van der Waals surface area contributed by atoms with Crippen LogP contribution in [0.2, 0.25) is 0 Å². The molecule has 1 aliphatic heterocycles. The van der Waals surface area contributed by atoms with Gasteiger partial charge in [-0.25, -0.2) is 0 Å². The van der Waals surface area contributed by atoms with Crippen LogP contribution in [0, 0.1) is 5.41 Å². The molecule has 0 aromatic rings. The highest BCUT2D eigenvalue weighted by Crippen LogP contribution is 2.40. The summed E-state index contributed by atoms with van der Waals surface area (Å²) in [5.74, 6) is -0.889. The number of carbonyl (C=O) groups is 2. The summed E-state index contributed by atoms with van der Waals surface area (Å²) in [6.07, 6.45) is 5.33. The first-order chi connectivity index (χ1) is 9.35. The molecule has 1 amide bonds. The number of carbonyl (C=O) groups excluding carboxylic acids is 1. The number of hydrogen-bond acceptors (Lipinski definition) is 3. The Hall–Kier alpha value is -1.10. The van der Waals surface area contributed by atoms with E-state index in [2.05, 4.69) is 0 Å². The summed E-state index contributed by atoms with van der Waals surface area (Å²) >= 11 is 0. The van der Waals surface area contributed by atoms with Crippen molar-refractivity contribution in [3.63, 3.8) is 0 Å². The molecule has 1 saturated heterocycles. The zero-order valence-corrected chi connectivity index (χ0v) is 12.2. The SMILES string of the molecule is CC1(O)CCN(C(=O)CC2(C(=O)O)CCCCC2)CC1. The van der Waals surface area contributed by atoms with E-state index in [1.54, 1.807) is 11.8 Å². The van der Waals surface area contributed by atoms with E-state index in [-0.39, 0.29) is 12.3 Å². The molecule has 0 radical (unpaired) electrons. The Balaban J connectivity index is 1.97. The average molecular weight is 283 g/mol. The van der Waals surface area contributed by atoms with Crippen molar-refractivity contribution in [2.45, 2.75) is 63.9 Å². The normalized spacial score (nSPS) is 25.2. The summed E-state index contributed by atoms with van der Waals surface area (Å²) in [4.78, 5) is 25.7. The predicted molar refractivity (Wildman–Crippen MR) is 74.2 cm³/mol. The standard InChI is InChI=1S/C15H25NO4/c1-14(20)7-9-16(10-8-14)12(17)11-15(13(18)19)5-3-2-4-6-15/h20H,2-11H2,1H3,(H,18,19). The number of nitrogens with zero attached hydrogens (tertiary/aromatic N) is 1. The number of piperidine rings is 1. The van der Waals surface area contributed by atoms with Crippen LogP contribution < -0.4 is 0 Å². The molecule has 0 bridgehead atoms. The zero-order valence-electron chi connectivity index (χ0n) is 12.2. The molecule has 2 N–H and O–H groups in total. The van der Waals surface area contributed by atoms with Crippen LogP contribution in [0.1, 0.15) is 58.3 Å². The highest BCUT2D eigenvalue weighted by molar-refractivity contribution is 5.85. The molecule has 0 spiro atoms. The third-order valence-electron chi connectivity index (χ3n) is 4.95. The molecule has 1 heterocycles. The molecule has 5 nitrogen and oxygen atoms in total. The van der Waals surface area contributed by atoms with Crippen LogP contribution in [0.15, 0.2) is 0 Å². The molecular weight excluding hydrogens is 258 g/mol. The van der Waals surface area contributed by atoms with Gasteiger partial charge in [0.25, 0.3) is 0 Å². The third kappa shape index (κ3) is 3.32. The van der Waals surface area contributed by atoms with Crippen LogP contribution in [0.25, 0.3) is 0 Å². The van der Waals surface area contributed by atoms with E-state index in [4.69, 9.17) is 0 Å². The van der Waals surface area contributed by atoms with E-state index in [1.807, 2.05) is 0 Å². The molecule has 2 fully saturated rings. The number of carboxylic acids is 1. The molecule has 2 aliphatic rings. The van der Waals surface area contributed by atoms with E-state index in [0.29, 0.717) is 38.8 Å². The van der Waals surface area contributed by atoms with Crippen LogP contribution in [-0.2, 0) is 9.59 Å². The van der Waals surface area contributed by atoms with Gasteiger partial charge in [0.2, 0.25) is 5.91 Å². The van der Waals surface area contributed by atoms with Crippen molar-refractivity contribution >= 4 is 11.9 Å². The second-order valence-corrected chi connectivity index (χ2v) is 6.70. The molecule has 2 rings (SSSR count). The molecule has 0 aromatic heterocycles. The Morgan fingerprint density at radius 3 is 2.10 bits per heavy atom. The van der Waals surface area contributed by atoms with Gasteiger partial charge in [0.1, 0.15) is 0 Å². The van der Waals surface area contributed by atoms with Gasteiger partial charge >= 0.3 is 5.97 Å². The number of aliphatic carboxylic acids is 1. The molecule has 0 unspecified atom stereocenters. The van der Waals surface area contributed by atoms with Gasteiger partial charge < -0.3 is 15.1 Å². The van der Waals surface area contributed by atoms with Crippen LogP contribution in [0.4, 0.5) is 0 Å². The molecule has 1 aliphatic carbocycles. The highest BCUT2D eigenvalue weighted by Gasteiger charge is 2.43. The van der Waals surface area contributed by atoms with Crippen molar-refractivity contribution in [2.24, 2.45) is 5.41 Å². The van der Waals surface area contributed by atoms with Gasteiger partial charge in [-0.2, -0.15) is 0 Å². The van der Waals surface area contributed by atoms with E-state index in [1.165, 1.54) is 0 Å². The second kappa shape index (κ2) is 5.72. The van der Waals surface area contributed by atoms with Gasteiger partial charge in [-0.1, -0.05) is 19.3 Å². The summed E-state index contributed by atoms with van der Waals surface area (Å²) in [5.41, 5.74) is -1.54. The number of carboxylic acid groups (broad SMARTS) is 1. The van der Waals surface area contributed by atoms with E-state index >= 15 is 0 Å². The smallest absolute Gasteiger partial charge is 0.310 e. The van der Waals surface area contributed by atoms with Crippen molar-refractivity contribution < 1.29 is 19.8 Å². The first-order valence-electron chi connectivity index (χ1n) is 7.58. The van der Waals surface area contributed by atoms with Crippen LogP contribution >= 0.6 is 0 Å². The first kappa shape index (κ1) is 15.3. The largest absolute Gasteiger partial charge is 0.481 e. The van der Waals surface area contributed by atoms with Gasteiger partial charge in [0, 0.05) is 19.5 Å². The Kier molecular flexibility index (Phi) is 4.37. The Morgan fingerprint density at radius 2 is 1.60 bits per heavy atom. The fraction of sp³-hybridized carbons (Fsp3) is 0.867. The Labute approximate surface area is 120 Å². The molecule has 5 heteroatoms. The number of amides is 1. The molecule has 20 heavy (non-hydrogen) atoms. The van der Waals surface area contributed by atoms with Gasteiger partial charge in [0.15, 0.2) is 0 Å². The monoisotopic (exact) mass is 283 g/mol. The van der Waals surface area contributed by atoms with E-state index < -0.39 is 17.0 Å². The minimum atomic E-state index is -0.852.